The molecule has 2 amide bonds. The summed E-state index contributed by atoms with van der Waals surface area (Å²) in [6, 6.07) is 24.7. The maximum Gasteiger partial charge on any atom is 0.321 e. The van der Waals surface area contributed by atoms with Crippen molar-refractivity contribution in [3.8, 4) is 17.6 Å². The molecule has 0 spiro atoms. The molecule has 194 valence electrons. The van der Waals surface area contributed by atoms with E-state index in [9.17, 15) is 4.79 Å². The Balaban J connectivity index is 0.000000213. The molecular weight excluding hydrogens is 462 g/mol. The van der Waals surface area contributed by atoms with Crippen molar-refractivity contribution in [2.45, 2.75) is 25.9 Å². The SMILES string of the molecule is COc1ccc(NC(=O)N(C)CCCN2CCCC2)cc1.OCc1ccccc1C#Cc1ccccc1. The van der Waals surface area contributed by atoms with Crippen LogP contribution in [0.1, 0.15) is 36.0 Å². The van der Waals surface area contributed by atoms with Gasteiger partial charge in [0.2, 0.25) is 0 Å². The minimum absolute atomic E-state index is 0.0274. The summed E-state index contributed by atoms with van der Waals surface area (Å²) in [7, 11) is 3.46. The van der Waals surface area contributed by atoms with Crippen molar-refractivity contribution >= 4 is 11.7 Å². The summed E-state index contributed by atoms with van der Waals surface area (Å²) in [4.78, 5) is 16.3. The molecule has 1 fully saturated rings. The molecular formula is C31H37N3O3. The van der Waals surface area contributed by atoms with Gasteiger partial charge in [-0.3, -0.25) is 0 Å². The molecule has 4 rings (SSSR count). The standard InChI is InChI=1S/C16H25N3O2.C15H12O/c1-18(10-5-13-19-11-3-4-12-19)16(20)17-14-6-8-15(21-2)9-7-14;16-12-15-9-5-4-8-14(15)11-10-13-6-2-1-3-7-13/h6-9H,3-5,10-13H2,1-2H3,(H,17,20);1-9,16H,12H2. The van der Waals surface area contributed by atoms with Crippen molar-refractivity contribution in [3.63, 3.8) is 0 Å². The van der Waals surface area contributed by atoms with E-state index in [1.54, 1.807) is 12.0 Å². The molecule has 0 bridgehead atoms. The fourth-order valence-electron chi connectivity index (χ4n) is 3.97. The average Bonchev–Trinajstić information content (AvgIpc) is 3.47. The molecule has 1 heterocycles. The zero-order valence-corrected chi connectivity index (χ0v) is 21.8. The number of amides is 2. The molecule has 0 aromatic heterocycles. The highest BCUT2D eigenvalue weighted by atomic mass is 16.5. The van der Waals surface area contributed by atoms with Gasteiger partial charge in [0.15, 0.2) is 0 Å². The van der Waals surface area contributed by atoms with Gasteiger partial charge in [-0.05, 0) is 86.9 Å². The maximum absolute atomic E-state index is 12.1. The Morgan fingerprint density at radius 2 is 1.65 bits per heavy atom. The second-order valence-corrected chi connectivity index (χ2v) is 8.91. The summed E-state index contributed by atoms with van der Waals surface area (Å²) in [6.45, 7) is 4.31. The number of carbonyl (C=O) groups is 1. The van der Waals surface area contributed by atoms with E-state index in [0.717, 1.165) is 47.6 Å². The lowest BCUT2D eigenvalue weighted by Gasteiger charge is -2.20. The maximum atomic E-state index is 12.1. The van der Waals surface area contributed by atoms with Gasteiger partial charge in [0.25, 0.3) is 0 Å². The molecule has 1 aliphatic rings. The van der Waals surface area contributed by atoms with Gasteiger partial charge in [-0.25, -0.2) is 4.79 Å². The zero-order valence-electron chi connectivity index (χ0n) is 21.8. The van der Waals surface area contributed by atoms with Gasteiger partial charge in [-0.1, -0.05) is 48.2 Å². The van der Waals surface area contributed by atoms with Crippen LogP contribution in [-0.4, -0.2) is 61.3 Å². The largest absolute Gasteiger partial charge is 0.497 e. The molecule has 3 aromatic rings. The Hall–Kier alpha value is -3.79. The van der Waals surface area contributed by atoms with E-state index in [0.29, 0.717) is 0 Å². The summed E-state index contributed by atoms with van der Waals surface area (Å²) in [5.74, 6) is 6.93. The topological polar surface area (TPSA) is 65.0 Å². The highest BCUT2D eigenvalue weighted by Gasteiger charge is 2.13. The number of anilines is 1. The first-order valence-corrected chi connectivity index (χ1v) is 12.7. The molecule has 1 aliphatic heterocycles. The van der Waals surface area contributed by atoms with Gasteiger partial charge >= 0.3 is 6.03 Å². The third-order valence-electron chi connectivity index (χ3n) is 6.16. The van der Waals surface area contributed by atoms with Crippen molar-refractivity contribution in [1.82, 2.24) is 9.80 Å². The number of methoxy groups -OCH3 is 1. The van der Waals surface area contributed by atoms with Crippen LogP contribution in [0, 0.1) is 11.8 Å². The molecule has 1 saturated heterocycles. The van der Waals surface area contributed by atoms with Gasteiger partial charge < -0.3 is 25.0 Å². The number of hydrogen-bond acceptors (Lipinski definition) is 4. The monoisotopic (exact) mass is 499 g/mol. The average molecular weight is 500 g/mol. The number of rotatable bonds is 7. The highest BCUT2D eigenvalue weighted by molar-refractivity contribution is 5.89. The third kappa shape index (κ3) is 9.64. The molecule has 6 heteroatoms. The minimum atomic E-state index is -0.0680. The van der Waals surface area contributed by atoms with E-state index in [-0.39, 0.29) is 12.6 Å². The number of nitrogens with zero attached hydrogens (tertiary/aromatic N) is 2. The molecule has 0 aliphatic carbocycles. The second kappa shape index (κ2) is 15.4. The number of hydrogen-bond donors (Lipinski definition) is 2. The lowest BCUT2D eigenvalue weighted by atomic mass is 10.1. The Morgan fingerprint density at radius 3 is 2.32 bits per heavy atom. The van der Waals surface area contributed by atoms with Crippen LogP contribution in [-0.2, 0) is 6.61 Å². The van der Waals surface area contributed by atoms with Gasteiger partial charge in [-0.15, -0.1) is 0 Å². The van der Waals surface area contributed by atoms with E-state index in [1.807, 2.05) is 85.9 Å². The predicted octanol–water partition coefficient (Wildman–Crippen LogP) is 5.22. The molecule has 3 aromatic carbocycles. The number of aliphatic hydroxyl groups is 1. The van der Waals surface area contributed by atoms with Gasteiger partial charge in [0.1, 0.15) is 5.75 Å². The summed E-state index contributed by atoms with van der Waals surface area (Å²) in [6.07, 6.45) is 3.65. The fourth-order valence-corrected chi connectivity index (χ4v) is 3.97. The number of ether oxygens (including phenoxy) is 1. The Labute approximate surface area is 220 Å². The number of aliphatic hydroxyl groups excluding tert-OH is 1. The van der Waals surface area contributed by atoms with Gasteiger partial charge in [0.05, 0.1) is 13.7 Å². The number of benzene rings is 3. The first-order chi connectivity index (χ1) is 18.1. The Morgan fingerprint density at radius 1 is 0.973 bits per heavy atom. The predicted molar refractivity (Wildman–Crippen MR) is 150 cm³/mol. The molecule has 37 heavy (non-hydrogen) atoms. The summed E-state index contributed by atoms with van der Waals surface area (Å²) < 4.78 is 5.10. The van der Waals surface area contributed by atoms with Crippen LogP contribution in [0.15, 0.2) is 78.9 Å². The van der Waals surface area contributed by atoms with Crippen molar-refractivity contribution < 1.29 is 14.6 Å². The van der Waals surface area contributed by atoms with E-state index < -0.39 is 0 Å². The lowest BCUT2D eigenvalue weighted by Crippen LogP contribution is -2.34. The Kier molecular flexibility index (Phi) is 11.5. The van der Waals surface area contributed by atoms with Gasteiger partial charge in [0, 0.05) is 30.4 Å². The van der Waals surface area contributed by atoms with Crippen LogP contribution in [0.3, 0.4) is 0 Å². The number of carbonyl (C=O) groups excluding carboxylic acids is 1. The fraction of sp³-hybridized carbons (Fsp3) is 0.323. The van der Waals surface area contributed by atoms with E-state index in [2.05, 4.69) is 22.1 Å². The van der Waals surface area contributed by atoms with Crippen molar-refractivity contribution in [1.29, 1.82) is 0 Å². The normalized spacial score (nSPS) is 12.5. The zero-order chi connectivity index (χ0) is 26.3. The number of urea groups is 1. The number of likely N-dealkylation sites (tertiary alicyclic amines) is 1. The molecule has 0 radical (unpaired) electrons. The van der Waals surface area contributed by atoms with Crippen LogP contribution in [0.5, 0.6) is 5.75 Å². The first kappa shape index (κ1) is 27.8. The van der Waals surface area contributed by atoms with E-state index in [1.165, 1.54) is 25.9 Å². The molecule has 0 unspecified atom stereocenters. The van der Waals surface area contributed by atoms with Gasteiger partial charge in [-0.2, -0.15) is 0 Å². The van der Waals surface area contributed by atoms with Crippen molar-refractivity contribution in [2.24, 2.45) is 0 Å². The van der Waals surface area contributed by atoms with Crippen molar-refractivity contribution in [3.05, 3.63) is 95.6 Å². The quantitative estimate of drug-likeness (QED) is 0.437. The Bertz CT molecular complexity index is 1150. The van der Waals surface area contributed by atoms with Crippen LogP contribution < -0.4 is 10.1 Å². The molecule has 6 nitrogen and oxygen atoms in total. The van der Waals surface area contributed by atoms with E-state index >= 15 is 0 Å². The summed E-state index contributed by atoms with van der Waals surface area (Å²) in [5.41, 5.74) is 3.52. The smallest absolute Gasteiger partial charge is 0.321 e. The summed E-state index contributed by atoms with van der Waals surface area (Å²) in [5, 5.41) is 12.0. The van der Waals surface area contributed by atoms with Crippen LogP contribution in [0.4, 0.5) is 10.5 Å². The number of nitrogens with one attached hydrogen (secondary N) is 1. The van der Waals surface area contributed by atoms with E-state index in [4.69, 9.17) is 9.84 Å². The molecule has 0 saturated carbocycles. The van der Waals surface area contributed by atoms with Crippen LogP contribution in [0.25, 0.3) is 0 Å². The molecule has 0 atom stereocenters. The first-order valence-electron chi connectivity index (χ1n) is 12.7. The molecule has 2 N–H and O–H groups in total. The third-order valence-corrected chi connectivity index (χ3v) is 6.16. The van der Waals surface area contributed by atoms with Crippen LogP contribution in [0.2, 0.25) is 0 Å². The summed E-state index contributed by atoms with van der Waals surface area (Å²) >= 11 is 0. The van der Waals surface area contributed by atoms with Crippen LogP contribution >= 0.6 is 0 Å². The van der Waals surface area contributed by atoms with Crippen molar-refractivity contribution in [2.75, 3.05) is 45.7 Å². The second-order valence-electron chi connectivity index (χ2n) is 8.91. The highest BCUT2D eigenvalue weighted by Crippen LogP contribution is 2.15. The lowest BCUT2D eigenvalue weighted by molar-refractivity contribution is 0.218. The minimum Gasteiger partial charge on any atom is -0.497 e.